The Morgan fingerprint density at radius 2 is 1.50 bits per heavy atom. The molecule has 0 unspecified atom stereocenters. The van der Waals surface area contributed by atoms with Gasteiger partial charge in [0, 0.05) is 10.8 Å². The van der Waals surface area contributed by atoms with Gasteiger partial charge in [0.1, 0.15) is 12.1 Å². The van der Waals surface area contributed by atoms with Crippen LogP contribution in [0.3, 0.4) is 0 Å². The first-order valence-electron chi connectivity index (χ1n) is 5.19. The number of hydrogen-bond donors (Lipinski definition) is 0. The van der Waals surface area contributed by atoms with Crippen LogP contribution in [0.5, 0.6) is 0 Å². The molecule has 0 saturated carbocycles. The van der Waals surface area contributed by atoms with E-state index in [2.05, 4.69) is 0 Å². The first kappa shape index (κ1) is 15.8. The lowest BCUT2D eigenvalue weighted by Gasteiger charge is -2.28. The molecule has 0 aromatic rings. The molecule has 0 spiro atoms. The summed E-state index contributed by atoms with van der Waals surface area (Å²) in [6, 6.07) is 0. The molecule has 0 N–H and O–H groups in total. The molecule has 0 atom stereocenters. The average Bonchev–Trinajstić information content (AvgIpc) is 2.06. The van der Waals surface area contributed by atoms with Crippen LogP contribution in [0.2, 0.25) is 0 Å². The first-order chi connectivity index (χ1) is 6.21. The topological polar surface area (TPSA) is 34.1 Å². The van der Waals surface area contributed by atoms with Gasteiger partial charge < -0.3 is 4.79 Å². The third-order valence-electron chi connectivity index (χ3n) is 2.17. The van der Waals surface area contributed by atoms with Crippen LogP contribution in [-0.4, -0.2) is 12.1 Å². The highest BCUT2D eigenvalue weighted by molar-refractivity contribution is 5.82. The summed E-state index contributed by atoms with van der Waals surface area (Å²) in [7, 11) is 0. The van der Waals surface area contributed by atoms with Gasteiger partial charge in [-0.1, -0.05) is 41.5 Å². The highest BCUT2D eigenvalue weighted by Gasteiger charge is 2.31. The van der Waals surface area contributed by atoms with E-state index in [0.29, 0.717) is 6.42 Å². The molecule has 0 aromatic heterocycles. The highest BCUT2D eigenvalue weighted by atomic mass is 16.1. The van der Waals surface area contributed by atoms with E-state index in [0.717, 1.165) is 6.29 Å². The van der Waals surface area contributed by atoms with Crippen molar-refractivity contribution in [1.82, 2.24) is 0 Å². The Bertz CT molecular complexity index is 190. The zero-order chi connectivity index (χ0) is 12.0. The summed E-state index contributed by atoms with van der Waals surface area (Å²) < 4.78 is 0. The van der Waals surface area contributed by atoms with Gasteiger partial charge in [0.05, 0.1) is 0 Å². The molecule has 0 aliphatic heterocycles. The average molecular weight is 200 g/mol. The second-order valence-electron chi connectivity index (χ2n) is 4.72. The van der Waals surface area contributed by atoms with Crippen molar-refractivity contribution < 1.29 is 9.59 Å². The summed E-state index contributed by atoms with van der Waals surface area (Å²) >= 11 is 0. The number of Topliss-reactive ketones (excluding diaryl/α,β-unsaturated/α-hetero) is 1. The van der Waals surface area contributed by atoms with Crippen molar-refractivity contribution in [3.63, 3.8) is 0 Å². The van der Waals surface area contributed by atoms with Crippen LogP contribution in [-0.2, 0) is 9.59 Å². The Balaban J connectivity index is 0. The lowest BCUT2D eigenvalue weighted by Crippen LogP contribution is -2.29. The van der Waals surface area contributed by atoms with E-state index in [9.17, 15) is 9.59 Å². The first-order valence-corrected chi connectivity index (χ1v) is 5.19. The summed E-state index contributed by atoms with van der Waals surface area (Å²) in [5.41, 5.74) is -0.778. The SMILES string of the molecule is CC.CC(=O)C(C)(C)CC(C)(C)C=O. The maximum atomic E-state index is 11.1. The number of aldehydes is 1. The molecule has 0 radical (unpaired) electrons. The van der Waals surface area contributed by atoms with Gasteiger partial charge in [0.2, 0.25) is 0 Å². The fourth-order valence-corrected chi connectivity index (χ4v) is 1.31. The second-order valence-corrected chi connectivity index (χ2v) is 4.72. The fraction of sp³-hybridized carbons (Fsp3) is 0.833. The molecule has 0 fully saturated rings. The fourth-order valence-electron chi connectivity index (χ4n) is 1.31. The minimum absolute atomic E-state index is 0.137. The lowest BCUT2D eigenvalue weighted by molar-refractivity contribution is -0.127. The number of ketones is 1. The van der Waals surface area contributed by atoms with Crippen molar-refractivity contribution in [2.24, 2.45) is 10.8 Å². The summed E-state index contributed by atoms with van der Waals surface area (Å²) in [6.07, 6.45) is 1.52. The third-order valence-corrected chi connectivity index (χ3v) is 2.17. The molecule has 0 aromatic carbocycles. The van der Waals surface area contributed by atoms with Crippen molar-refractivity contribution >= 4 is 12.1 Å². The number of hydrogen-bond acceptors (Lipinski definition) is 2. The maximum Gasteiger partial charge on any atom is 0.135 e. The van der Waals surface area contributed by atoms with Crippen molar-refractivity contribution in [1.29, 1.82) is 0 Å². The summed E-state index contributed by atoms with van der Waals surface area (Å²) in [4.78, 5) is 21.8. The predicted molar refractivity (Wildman–Crippen MR) is 60.3 cm³/mol. The second kappa shape index (κ2) is 5.94. The van der Waals surface area contributed by atoms with Crippen molar-refractivity contribution in [3.05, 3.63) is 0 Å². The van der Waals surface area contributed by atoms with Gasteiger partial charge >= 0.3 is 0 Å². The zero-order valence-electron chi connectivity index (χ0n) is 10.6. The van der Waals surface area contributed by atoms with Crippen molar-refractivity contribution in [3.8, 4) is 0 Å². The largest absolute Gasteiger partial charge is 0.303 e. The monoisotopic (exact) mass is 200 g/mol. The zero-order valence-corrected chi connectivity index (χ0v) is 10.6. The molecule has 2 nitrogen and oxygen atoms in total. The molecule has 2 heteroatoms. The van der Waals surface area contributed by atoms with E-state index in [1.54, 1.807) is 6.92 Å². The van der Waals surface area contributed by atoms with E-state index >= 15 is 0 Å². The Morgan fingerprint density at radius 1 is 1.14 bits per heavy atom. The van der Waals surface area contributed by atoms with E-state index < -0.39 is 5.41 Å². The Labute approximate surface area is 88.1 Å². The molecule has 0 heterocycles. The lowest BCUT2D eigenvalue weighted by atomic mass is 9.74. The molecule has 14 heavy (non-hydrogen) atoms. The summed E-state index contributed by atoms with van der Waals surface area (Å²) in [5.74, 6) is 0.137. The minimum Gasteiger partial charge on any atom is -0.303 e. The molecular weight excluding hydrogens is 176 g/mol. The quantitative estimate of drug-likeness (QED) is 0.653. The van der Waals surface area contributed by atoms with Gasteiger partial charge in [-0.05, 0) is 13.3 Å². The Hall–Kier alpha value is -0.660. The summed E-state index contributed by atoms with van der Waals surface area (Å²) in [5, 5.41) is 0. The van der Waals surface area contributed by atoms with Gasteiger partial charge in [-0.2, -0.15) is 0 Å². The molecule has 0 bridgehead atoms. The minimum atomic E-state index is -0.394. The van der Waals surface area contributed by atoms with Gasteiger partial charge in [-0.15, -0.1) is 0 Å². The van der Waals surface area contributed by atoms with Crippen LogP contribution in [0.4, 0.5) is 0 Å². The number of carbonyl (C=O) groups excluding carboxylic acids is 2. The normalized spacial score (nSPS) is 11.4. The van der Waals surface area contributed by atoms with Gasteiger partial charge in [-0.3, -0.25) is 4.79 Å². The molecule has 0 rings (SSSR count). The van der Waals surface area contributed by atoms with Crippen LogP contribution in [0.1, 0.15) is 54.9 Å². The van der Waals surface area contributed by atoms with Gasteiger partial charge in [-0.25, -0.2) is 0 Å². The molecule has 84 valence electrons. The van der Waals surface area contributed by atoms with E-state index in [1.807, 2.05) is 41.5 Å². The van der Waals surface area contributed by atoms with Crippen molar-refractivity contribution in [2.45, 2.75) is 54.9 Å². The maximum absolute atomic E-state index is 11.1. The molecule has 0 aliphatic carbocycles. The highest BCUT2D eigenvalue weighted by Crippen LogP contribution is 2.32. The van der Waals surface area contributed by atoms with Crippen LogP contribution in [0.15, 0.2) is 0 Å². The molecule has 0 amide bonds. The smallest absolute Gasteiger partial charge is 0.135 e. The molecule has 0 saturated heterocycles. The standard InChI is InChI=1S/C10H18O2.C2H6/c1-8(12)10(4,5)6-9(2,3)7-11;1-2/h7H,6H2,1-5H3;1-2H3. The van der Waals surface area contributed by atoms with Crippen LogP contribution in [0.25, 0.3) is 0 Å². The molecule has 0 aliphatic rings. The van der Waals surface area contributed by atoms with Gasteiger partial charge in [0.25, 0.3) is 0 Å². The number of rotatable bonds is 4. The Kier molecular flexibility index (Phi) is 6.71. The third kappa shape index (κ3) is 5.90. The van der Waals surface area contributed by atoms with Gasteiger partial charge in [0.15, 0.2) is 0 Å². The van der Waals surface area contributed by atoms with Crippen LogP contribution in [0, 0.1) is 10.8 Å². The van der Waals surface area contributed by atoms with E-state index in [-0.39, 0.29) is 11.2 Å². The summed E-state index contributed by atoms with van der Waals surface area (Å²) in [6.45, 7) is 13.0. The van der Waals surface area contributed by atoms with Crippen LogP contribution >= 0.6 is 0 Å². The van der Waals surface area contributed by atoms with Crippen molar-refractivity contribution in [2.75, 3.05) is 0 Å². The number of carbonyl (C=O) groups is 2. The van der Waals surface area contributed by atoms with E-state index in [1.165, 1.54) is 0 Å². The molecular formula is C12H24O2. The van der Waals surface area contributed by atoms with E-state index in [4.69, 9.17) is 0 Å². The predicted octanol–water partition coefficient (Wildman–Crippen LogP) is 3.24. The van der Waals surface area contributed by atoms with Crippen LogP contribution < -0.4 is 0 Å². The Morgan fingerprint density at radius 3 is 1.71 bits per heavy atom.